The summed E-state index contributed by atoms with van der Waals surface area (Å²) in [4.78, 5) is 0. The van der Waals surface area contributed by atoms with Crippen LogP contribution < -0.4 is 5.73 Å². The number of aryl methyl sites for hydroxylation is 1. The van der Waals surface area contributed by atoms with E-state index < -0.39 is 0 Å². The van der Waals surface area contributed by atoms with Crippen LogP contribution in [0, 0.1) is 0 Å². The third-order valence-corrected chi connectivity index (χ3v) is 2.88. The zero-order chi connectivity index (χ0) is 9.42. The minimum absolute atomic E-state index is 0.461. The number of aromatic nitrogens is 4. The molecule has 0 bridgehead atoms. The average molecular weight is 260 g/mol. The maximum absolute atomic E-state index is 5.48. The summed E-state index contributed by atoms with van der Waals surface area (Å²) < 4.78 is 2.62. The van der Waals surface area contributed by atoms with Crippen LogP contribution in [0.3, 0.4) is 0 Å². The minimum atomic E-state index is 0.461. The van der Waals surface area contributed by atoms with Crippen LogP contribution >= 0.6 is 27.3 Å². The number of halogens is 1. The predicted molar refractivity (Wildman–Crippen MR) is 54.2 cm³/mol. The van der Waals surface area contributed by atoms with Gasteiger partial charge < -0.3 is 5.73 Å². The summed E-state index contributed by atoms with van der Waals surface area (Å²) in [6, 6.07) is 0. The highest BCUT2D eigenvalue weighted by Crippen LogP contribution is 2.30. The Morgan fingerprint density at radius 2 is 2.31 bits per heavy atom. The summed E-state index contributed by atoms with van der Waals surface area (Å²) in [7, 11) is 1.84. The van der Waals surface area contributed by atoms with E-state index in [0.29, 0.717) is 5.13 Å². The van der Waals surface area contributed by atoms with Crippen LogP contribution in [0.2, 0.25) is 0 Å². The lowest BCUT2D eigenvalue weighted by molar-refractivity contribution is 0.773. The smallest absolute Gasteiger partial charge is 0.203 e. The molecule has 2 N–H and O–H groups in total. The Balaban J connectivity index is 2.57. The summed E-state index contributed by atoms with van der Waals surface area (Å²) in [5.74, 6) is 0. The van der Waals surface area contributed by atoms with Gasteiger partial charge in [-0.25, -0.2) is 0 Å². The van der Waals surface area contributed by atoms with Crippen molar-refractivity contribution in [2.45, 2.75) is 0 Å². The molecule has 2 rings (SSSR count). The molecule has 68 valence electrons. The number of nitrogens with two attached hydrogens (primary N) is 1. The van der Waals surface area contributed by atoms with Crippen molar-refractivity contribution in [1.82, 2.24) is 20.0 Å². The van der Waals surface area contributed by atoms with Gasteiger partial charge in [0.25, 0.3) is 0 Å². The van der Waals surface area contributed by atoms with Gasteiger partial charge in [-0.05, 0) is 15.9 Å². The molecule has 0 unspecified atom stereocenters. The molecule has 0 amide bonds. The van der Waals surface area contributed by atoms with Gasteiger partial charge in [0.05, 0.1) is 10.7 Å². The molecule has 0 saturated heterocycles. The lowest BCUT2D eigenvalue weighted by Crippen LogP contribution is -1.93. The highest BCUT2D eigenvalue weighted by atomic mass is 79.9. The van der Waals surface area contributed by atoms with Crippen LogP contribution in [-0.2, 0) is 7.05 Å². The van der Waals surface area contributed by atoms with Gasteiger partial charge in [-0.3, -0.25) is 4.68 Å². The van der Waals surface area contributed by atoms with Crippen molar-refractivity contribution in [1.29, 1.82) is 0 Å². The highest BCUT2D eigenvalue weighted by molar-refractivity contribution is 9.10. The molecular formula is C6H6BrN5S. The monoisotopic (exact) mass is 259 g/mol. The van der Waals surface area contributed by atoms with Crippen LogP contribution in [0.15, 0.2) is 10.7 Å². The predicted octanol–water partition coefficient (Wildman–Crippen LogP) is 1.28. The van der Waals surface area contributed by atoms with E-state index in [1.54, 1.807) is 10.9 Å². The first-order valence-corrected chi connectivity index (χ1v) is 5.06. The third-order valence-electron chi connectivity index (χ3n) is 1.54. The summed E-state index contributed by atoms with van der Waals surface area (Å²) in [5.41, 5.74) is 6.38. The molecule has 5 nitrogen and oxygen atoms in total. The van der Waals surface area contributed by atoms with E-state index in [1.165, 1.54) is 11.3 Å². The van der Waals surface area contributed by atoms with Crippen LogP contribution in [0.25, 0.3) is 10.7 Å². The van der Waals surface area contributed by atoms with E-state index >= 15 is 0 Å². The SMILES string of the molecule is Cn1ncc(Br)c1-c1nnc(N)s1. The van der Waals surface area contributed by atoms with Crippen LogP contribution in [-0.4, -0.2) is 20.0 Å². The molecule has 7 heteroatoms. The second-order valence-electron chi connectivity index (χ2n) is 2.41. The number of nitrogens with zero attached hydrogens (tertiary/aromatic N) is 4. The van der Waals surface area contributed by atoms with Gasteiger partial charge in [0.2, 0.25) is 5.13 Å². The molecule has 2 aromatic heterocycles. The van der Waals surface area contributed by atoms with E-state index in [1.807, 2.05) is 7.05 Å². The second kappa shape index (κ2) is 3.08. The van der Waals surface area contributed by atoms with Crippen LogP contribution in [0.4, 0.5) is 5.13 Å². The molecule has 0 aromatic carbocycles. The lowest BCUT2D eigenvalue weighted by Gasteiger charge is -1.95. The number of rotatable bonds is 1. The Morgan fingerprint density at radius 3 is 2.77 bits per heavy atom. The van der Waals surface area contributed by atoms with Gasteiger partial charge in [-0.1, -0.05) is 11.3 Å². The van der Waals surface area contributed by atoms with Crippen molar-refractivity contribution in [3.63, 3.8) is 0 Å². The van der Waals surface area contributed by atoms with Crippen molar-refractivity contribution in [3.05, 3.63) is 10.7 Å². The largest absolute Gasteiger partial charge is 0.374 e. The number of hydrogen-bond donors (Lipinski definition) is 1. The van der Waals surface area contributed by atoms with E-state index in [0.717, 1.165) is 15.2 Å². The van der Waals surface area contributed by atoms with Crippen molar-refractivity contribution >= 4 is 32.4 Å². The molecule has 0 spiro atoms. The molecule has 0 aliphatic heterocycles. The van der Waals surface area contributed by atoms with E-state index in [9.17, 15) is 0 Å². The van der Waals surface area contributed by atoms with Gasteiger partial charge in [0.15, 0.2) is 5.01 Å². The molecular weight excluding hydrogens is 254 g/mol. The topological polar surface area (TPSA) is 69.6 Å². The fourth-order valence-corrected chi connectivity index (χ4v) is 2.35. The average Bonchev–Trinajstić information content (AvgIpc) is 2.60. The fraction of sp³-hybridized carbons (Fsp3) is 0.167. The van der Waals surface area contributed by atoms with Crippen LogP contribution in [0.1, 0.15) is 0 Å². The number of anilines is 1. The van der Waals surface area contributed by atoms with Gasteiger partial charge in [0.1, 0.15) is 5.69 Å². The van der Waals surface area contributed by atoms with Crippen molar-refractivity contribution < 1.29 is 0 Å². The van der Waals surface area contributed by atoms with Crippen molar-refractivity contribution in [2.24, 2.45) is 7.05 Å². The van der Waals surface area contributed by atoms with E-state index in [2.05, 4.69) is 31.2 Å². The maximum atomic E-state index is 5.48. The summed E-state index contributed by atoms with van der Waals surface area (Å²) in [6.07, 6.45) is 1.72. The summed E-state index contributed by atoms with van der Waals surface area (Å²) in [6.45, 7) is 0. The van der Waals surface area contributed by atoms with Crippen molar-refractivity contribution in [3.8, 4) is 10.7 Å². The first-order valence-electron chi connectivity index (χ1n) is 3.45. The van der Waals surface area contributed by atoms with Gasteiger partial charge in [0, 0.05) is 7.05 Å². The zero-order valence-electron chi connectivity index (χ0n) is 6.73. The first-order chi connectivity index (χ1) is 6.18. The van der Waals surface area contributed by atoms with Crippen molar-refractivity contribution in [2.75, 3.05) is 5.73 Å². The molecule has 0 saturated carbocycles. The molecule has 13 heavy (non-hydrogen) atoms. The summed E-state index contributed by atoms with van der Waals surface area (Å²) in [5, 5.41) is 13.0. The molecule has 0 aliphatic rings. The van der Waals surface area contributed by atoms with Gasteiger partial charge >= 0.3 is 0 Å². The molecule has 0 atom stereocenters. The Hall–Kier alpha value is -0.950. The molecule has 2 aromatic rings. The Labute approximate surface area is 86.7 Å². The Morgan fingerprint density at radius 1 is 1.54 bits per heavy atom. The first kappa shape index (κ1) is 8.64. The standard InChI is InChI=1S/C6H6BrN5S/c1-12-4(3(7)2-9-12)5-10-11-6(8)13-5/h2H,1H3,(H2,8,11). The maximum Gasteiger partial charge on any atom is 0.203 e. The number of nitrogen functional groups attached to an aromatic ring is 1. The highest BCUT2D eigenvalue weighted by Gasteiger charge is 2.12. The quantitative estimate of drug-likeness (QED) is 0.838. The van der Waals surface area contributed by atoms with Gasteiger partial charge in [-0.15, -0.1) is 10.2 Å². The molecule has 0 fully saturated rings. The van der Waals surface area contributed by atoms with E-state index in [-0.39, 0.29) is 0 Å². The fourth-order valence-electron chi connectivity index (χ4n) is 0.982. The second-order valence-corrected chi connectivity index (χ2v) is 4.27. The minimum Gasteiger partial charge on any atom is -0.374 e. The van der Waals surface area contributed by atoms with Crippen LogP contribution in [0.5, 0.6) is 0 Å². The Kier molecular flexibility index (Phi) is 2.04. The van der Waals surface area contributed by atoms with E-state index in [4.69, 9.17) is 5.73 Å². The third kappa shape index (κ3) is 1.44. The molecule has 0 radical (unpaired) electrons. The zero-order valence-corrected chi connectivity index (χ0v) is 9.13. The summed E-state index contributed by atoms with van der Waals surface area (Å²) >= 11 is 4.72. The van der Waals surface area contributed by atoms with Gasteiger partial charge in [-0.2, -0.15) is 5.10 Å². The normalized spacial score (nSPS) is 10.6. The number of hydrogen-bond acceptors (Lipinski definition) is 5. The Bertz CT molecular complexity index is 414. The molecule has 2 heterocycles. The molecule has 0 aliphatic carbocycles. The lowest BCUT2D eigenvalue weighted by atomic mass is 10.4.